The zero-order valence-corrected chi connectivity index (χ0v) is 13.0. The summed E-state index contributed by atoms with van der Waals surface area (Å²) >= 11 is 11.9. The van der Waals surface area contributed by atoms with E-state index in [1.807, 2.05) is 36.4 Å². The number of rotatable bonds is 4. The Morgan fingerprint density at radius 1 is 1.18 bits per heavy atom. The number of nitrogens with one attached hydrogen (secondary N) is 1. The molecule has 0 aliphatic heterocycles. The van der Waals surface area contributed by atoms with Crippen LogP contribution in [-0.2, 0) is 11.3 Å². The van der Waals surface area contributed by atoms with Crippen LogP contribution >= 0.6 is 23.2 Å². The van der Waals surface area contributed by atoms with E-state index in [1.54, 1.807) is 18.2 Å². The van der Waals surface area contributed by atoms with E-state index in [2.05, 4.69) is 5.32 Å². The molecule has 5 heteroatoms. The van der Waals surface area contributed by atoms with E-state index in [0.29, 0.717) is 22.2 Å². The summed E-state index contributed by atoms with van der Waals surface area (Å²) in [5.74, 6) is -0.447. The van der Waals surface area contributed by atoms with Crippen molar-refractivity contribution in [3.05, 3.63) is 75.3 Å². The zero-order chi connectivity index (χ0) is 15.9. The summed E-state index contributed by atoms with van der Waals surface area (Å²) in [6.07, 6.45) is 1.44. The minimum atomic E-state index is -0.447. The second-order valence-corrected chi connectivity index (χ2v) is 5.35. The fourth-order valence-electron chi connectivity index (χ4n) is 1.80. The molecule has 0 fully saturated rings. The van der Waals surface area contributed by atoms with Gasteiger partial charge >= 0.3 is 0 Å². The number of carbonyl (C=O) groups is 1. The lowest BCUT2D eigenvalue weighted by Gasteiger charge is -2.05. The first kappa shape index (κ1) is 16.1. The molecular formula is C17H12Cl2N2O. The third kappa shape index (κ3) is 4.36. The predicted octanol–water partition coefficient (Wildman–Crippen LogP) is 4.22. The van der Waals surface area contributed by atoms with E-state index in [-0.39, 0.29) is 5.57 Å². The van der Waals surface area contributed by atoms with E-state index >= 15 is 0 Å². The topological polar surface area (TPSA) is 52.9 Å². The van der Waals surface area contributed by atoms with Crippen LogP contribution < -0.4 is 5.32 Å². The van der Waals surface area contributed by atoms with E-state index in [9.17, 15) is 4.79 Å². The average molecular weight is 331 g/mol. The smallest absolute Gasteiger partial charge is 0.262 e. The van der Waals surface area contributed by atoms with Crippen LogP contribution in [0.4, 0.5) is 0 Å². The lowest BCUT2D eigenvalue weighted by molar-refractivity contribution is -0.117. The molecule has 1 N–H and O–H groups in total. The number of amides is 1. The van der Waals surface area contributed by atoms with Gasteiger partial charge in [-0.1, -0.05) is 59.6 Å². The summed E-state index contributed by atoms with van der Waals surface area (Å²) in [5.41, 5.74) is 1.51. The maximum atomic E-state index is 12.1. The van der Waals surface area contributed by atoms with Crippen molar-refractivity contribution in [2.24, 2.45) is 0 Å². The fourth-order valence-corrected chi connectivity index (χ4v) is 2.26. The number of halogens is 2. The molecule has 0 saturated carbocycles. The molecule has 2 aromatic carbocycles. The van der Waals surface area contributed by atoms with Gasteiger partial charge in [0.05, 0.1) is 0 Å². The quantitative estimate of drug-likeness (QED) is 0.674. The van der Waals surface area contributed by atoms with E-state index < -0.39 is 5.91 Å². The summed E-state index contributed by atoms with van der Waals surface area (Å²) in [7, 11) is 0. The molecule has 2 aromatic rings. The maximum absolute atomic E-state index is 12.1. The van der Waals surface area contributed by atoms with Crippen LogP contribution in [0.1, 0.15) is 11.1 Å². The van der Waals surface area contributed by atoms with Gasteiger partial charge in [0, 0.05) is 16.6 Å². The van der Waals surface area contributed by atoms with Gasteiger partial charge < -0.3 is 5.32 Å². The molecule has 0 bridgehead atoms. The van der Waals surface area contributed by atoms with Gasteiger partial charge in [-0.2, -0.15) is 5.26 Å². The molecule has 0 radical (unpaired) electrons. The molecule has 0 atom stereocenters. The van der Waals surface area contributed by atoms with Gasteiger partial charge in [0.2, 0.25) is 0 Å². The minimum Gasteiger partial charge on any atom is -0.347 e. The van der Waals surface area contributed by atoms with Crippen molar-refractivity contribution in [2.75, 3.05) is 0 Å². The Morgan fingerprint density at radius 2 is 1.91 bits per heavy atom. The Bertz CT molecular complexity index is 749. The summed E-state index contributed by atoms with van der Waals surface area (Å²) in [4.78, 5) is 12.1. The highest BCUT2D eigenvalue weighted by Crippen LogP contribution is 2.23. The molecule has 2 rings (SSSR count). The van der Waals surface area contributed by atoms with Gasteiger partial charge in [0.1, 0.15) is 11.6 Å². The molecule has 0 saturated heterocycles. The Labute approximate surface area is 138 Å². The minimum absolute atomic E-state index is 0.0137. The van der Waals surface area contributed by atoms with Crippen molar-refractivity contribution in [2.45, 2.75) is 6.54 Å². The standard InChI is InChI=1S/C17H12Cl2N2O/c18-15-7-6-13(16(19)9-15)8-14(10-20)17(22)21-11-12-4-2-1-3-5-12/h1-9H,11H2,(H,21,22)/b14-8-. The van der Waals surface area contributed by atoms with Crippen LogP contribution in [0.25, 0.3) is 6.08 Å². The van der Waals surface area contributed by atoms with Crippen molar-refractivity contribution >= 4 is 35.2 Å². The molecule has 0 spiro atoms. The molecule has 0 aliphatic rings. The first-order valence-corrected chi connectivity index (χ1v) is 7.24. The second-order valence-electron chi connectivity index (χ2n) is 4.50. The lowest BCUT2D eigenvalue weighted by atomic mass is 10.1. The third-order valence-corrected chi connectivity index (χ3v) is 3.49. The third-order valence-electron chi connectivity index (χ3n) is 2.92. The molecule has 3 nitrogen and oxygen atoms in total. The summed E-state index contributed by atoms with van der Waals surface area (Å²) in [5, 5.41) is 12.7. The summed E-state index contributed by atoms with van der Waals surface area (Å²) < 4.78 is 0. The summed E-state index contributed by atoms with van der Waals surface area (Å²) in [6.45, 7) is 0.354. The first-order valence-electron chi connectivity index (χ1n) is 6.49. The largest absolute Gasteiger partial charge is 0.347 e. The lowest BCUT2D eigenvalue weighted by Crippen LogP contribution is -2.23. The Balaban J connectivity index is 2.12. The van der Waals surface area contributed by atoms with Crippen LogP contribution in [0.5, 0.6) is 0 Å². The van der Waals surface area contributed by atoms with Crippen LogP contribution in [-0.4, -0.2) is 5.91 Å². The average Bonchev–Trinajstić information content (AvgIpc) is 2.53. The molecule has 22 heavy (non-hydrogen) atoms. The molecule has 0 heterocycles. The monoisotopic (exact) mass is 330 g/mol. The van der Waals surface area contributed by atoms with Crippen molar-refractivity contribution < 1.29 is 4.79 Å². The number of hydrogen-bond donors (Lipinski definition) is 1. The molecule has 110 valence electrons. The summed E-state index contributed by atoms with van der Waals surface area (Å²) in [6, 6.07) is 16.2. The van der Waals surface area contributed by atoms with Crippen molar-refractivity contribution in [1.29, 1.82) is 5.26 Å². The SMILES string of the molecule is N#C/C(=C/c1ccc(Cl)cc1Cl)C(=O)NCc1ccccc1. The highest BCUT2D eigenvalue weighted by Gasteiger charge is 2.10. The normalized spacial score (nSPS) is 10.9. The van der Waals surface area contributed by atoms with Crippen molar-refractivity contribution in [3.8, 4) is 6.07 Å². The van der Waals surface area contributed by atoms with Gasteiger partial charge in [-0.05, 0) is 29.3 Å². The van der Waals surface area contributed by atoms with Crippen LogP contribution in [0.15, 0.2) is 54.1 Å². The molecular weight excluding hydrogens is 319 g/mol. The van der Waals surface area contributed by atoms with E-state index in [1.165, 1.54) is 6.08 Å². The van der Waals surface area contributed by atoms with Crippen molar-refractivity contribution in [3.63, 3.8) is 0 Å². The van der Waals surface area contributed by atoms with Gasteiger partial charge in [-0.3, -0.25) is 4.79 Å². The van der Waals surface area contributed by atoms with Gasteiger partial charge in [-0.25, -0.2) is 0 Å². The number of carbonyl (C=O) groups excluding carboxylic acids is 1. The van der Waals surface area contributed by atoms with Gasteiger partial charge in [-0.15, -0.1) is 0 Å². The number of hydrogen-bond acceptors (Lipinski definition) is 2. The van der Waals surface area contributed by atoms with E-state index in [4.69, 9.17) is 28.5 Å². The van der Waals surface area contributed by atoms with Gasteiger partial charge in [0.15, 0.2) is 0 Å². The highest BCUT2D eigenvalue weighted by atomic mass is 35.5. The van der Waals surface area contributed by atoms with Crippen molar-refractivity contribution in [1.82, 2.24) is 5.32 Å². The molecule has 0 unspecified atom stereocenters. The second kappa shape index (κ2) is 7.65. The molecule has 0 aromatic heterocycles. The molecule has 0 aliphatic carbocycles. The van der Waals surface area contributed by atoms with Gasteiger partial charge in [0.25, 0.3) is 5.91 Å². The van der Waals surface area contributed by atoms with Crippen LogP contribution in [0.3, 0.4) is 0 Å². The first-order chi connectivity index (χ1) is 10.6. The van der Waals surface area contributed by atoms with Crippen LogP contribution in [0, 0.1) is 11.3 Å². The Kier molecular flexibility index (Phi) is 5.60. The number of nitrogens with zero attached hydrogens (tertiary/aromatic N) is 1. The number of benzene rings is 2. The Morgan fingerprint density at radius 3 is 2.55 bits per heavy atom. The fraction of sp³-hybridized carbons (Fsp3) is 0.0588. The maximum Gasteiger partial charge on any atom is 0.262 e. The predicted molar refractivity (Wildman–Crippen MR) is 88.3 cm³/mol. The Hall–Kier alpha value is -2.28. The van der Waals surface area contributed by atoms with E-state index in [0.717, 1.165) is 5.56 Å². The number of nitriles is 1. The highest BCUT2D eigenvalue weighted by molar-refractivity contribution is 6.35. The zero-order valence-electron chi connectivity index (χ0n) is 11.5. The van der Waals surface area contributed by atoms with Crippen LogP contribution in [0.2, 0.25) is 10.0 Å². The molecule has 1 amide bonds.